The second-order valence-electron chi connectivity index (χ2n) is 7.38. The first-order valence-corrected chi connectivity index (χ1v) is 11.8. The molecule has 0 spiro atoms. The van der Waals surface area contributed by atoms with Crippen molar-refractivity contribution >= 4 is 35.3 Å². The van der Waals surface area contributed by atoms with Crippen LogP contribution >= 0.6 is 11.8 Å². The number of nitrogens with one attached hydrogen (secondary N) is 1. The first-order chi connectivity index (χ1) is 17.3. The van der Waals surface area contributed by atoms with Crippen LogP contribution in [0.15, 0.2) is 47.6 Å². The number of carbonyl (C=O) groups excluding carboxylic acids is 3. The van der Waals surface area contributed by atoms with Crippen molar-refractivity contribution < 1.29 is 33.0 Å². The summed E-state index contributed by atoms with van der Waals surface area (Å²) in [7, 11) is 2.45. The number of methoxy groups -OCH3 is 2. The molecule has 190 valence electrons. The van der Waals surface area contributed by atoms with E-state index in [4.69, 9.17) is 14.2 Å². The molecule has 1 heterocycles. The van der Waals surface area contributed by atoms with Crippen LogP contribution < -0.4 is 10.1 Å². The number of halogens is 1. The Morgan fingerprint density at radius 3 is 2.39 bits per heavy atom. The lowest BCUT2D eigenvalue weighted by Gasteiger charge is -2.15. The molecular weight excluding hydrogens is 491 g/mol. The van der Waals surface area contributed by atoms with E-state index in [9.17, 15) is 18.8 Å². The van der Waals surface area contributed by atoms with E-state index >= 15 is 0 Å². The van der Waals surface area contributed by atoms with Crippen LogP contribution in [0.2, 0.25) is 0 Å². The van der Waals surface area contributed by atoms with Crippen LogP contribution in [0.3, 0.4) is 0 Å². The van der Waals surface area contributed by atoms with Gasteiger partial charge in [-0.25, -0.2) is 14.0 Å². The van der Waals surface area contributed by atoms with E-state index in [-0.39, 0.29) is 28.4 Å². The van der Waals surface area contributed by atoms with Crippen molar-refractivity contribution in [3.63, 3.8) is 0 Å². The summed E-state index contributed by atoms with van der Waals surface area (Å²) < 4.78 is 30.3. The fourth-order valence-corrected chi connectivity index (χ4v) is 4.08. The van der Waals surface area contributed by atoms with Gasteiger partial charge in [-0.1, -0.05) is 11.8 Å². The van der Waals surface area contributed by atoms with Gasteiger partial charge in [-0.3, -0.25) is 4.79 Å². The fraction of sp³-hybridized carbons (Fsp3) is 0.292. The molecule has 2 aromatic carbocycles. The van der Waals surface area contributed by atoms with Crippen LogP contribution in [-0.2, 0) is 20.8 Å². The third kappa shape index (κ3) is 6.39. The summed E-state index contributed by atoms with van der Waals surface area (Å²) >= 11 is 1.14. The molecule has 1 N–H and O–H groups in total. The summed E-state index contributed by atoms with van der Waals surface area (Å²) in [5, 5.41) is 11.5. The normalized spacial score (nSPS) is 11.5. The maximum atomic E-state index is 13.1. The number of hydrogen-bond acceptors (Lipinski definition) is 9. The Morgan fingerprint density at radius 2 is 1.75 bits per heavy atom. The van der Waals surface area contributed by atoms with Gasteiger partial charge in [-0.15, -0.1) is 10.2 Å². The minimum absolute atomic E-state index is 0.0472. The van der Waals surface area contributed by atoms with Crippen LogP contribution in [0.1, 0.15) is 46.5 Å². The van der Waals surface area contributed by atoms with Crippen molar-refractivity contribution in [2.45, 2.75) is 31.7 Å². The van der Waals surface area contributed by atoms with E-state index in [0.29, 0.717) is 23.3 Å². The molecule has 3 rings (SSSR count). The average Bonchev–Trinajstić information content (AvgIpc) is 3.31. The quantitative estimate of drug-likeness (QED) is 0.316. The third-order valence-electron chi connectivity index (χ3n) is 5.00. The van der Waals surface area contributed by atoms with Crippen molar-refractivity contribution in [3.8, 4) is 5.75 Å². The molecule has 0 fully saturated rings. The van der Waals surface area contributed by atoms with Gasteiger partial charge in [0, 0.05) is 6.54 Å². The number of anilines is 1. The Hall–Kier alpha value is -3.93. The molecule has 1 atom stereocenters. The van der Waals surface area contributed by atoms with Gasteiger partial charge in [-0.2, -0.15) is 0 Å². The summed E-state index contributed by atoms with van der Waals surface area (Å²) in [5.74, 6) is -1.10. The fourth-order valence-electron chi connectivity index (χ4n) is 3.27. The molecule has 36 heavy (non-hydrogen) atoms. The van der Waals surface area contributed by atoms with E-state index in [1.165, 1.54) is 56.7 Å². The zero-order valence-corrected chi connectivity index (χ0v) is 20.9. The molecular formula is C24H25FN4O6S. The largest absolute Gasteiger partial charge is 0.483 e. The van der Waals surface area contributed by atoms with Crippen molar-refractivity contribution in [1.29, 1.82) is 0 Å². The Kier molecular flexibility index (Phi) is 9.01. The van der Waals surface area contributed by atoms with Crippen LogP contribution in [0.4, 0.5) is 10.1 Å². The van der Waals surface area contributed by atoms with Crippen molar-refractivity contribution in [1.82, 2.24) is 14.8 Å². The topological polar surface area (TPSA) is 122 Å². The Bertz CT molecular complexity index is 1250. The predicted octanol–water partition coefficient (Wildman–Crippen LogP) is 3.88. The molecule has 3 aromatic rings. The van der Waals surface area contributed by atoms with E-state index < -0.39 is 23.9 Å². The van der Waals surface area contributed by atoms with Gasteiger partial charge in [-0.05, 0) is 56.3 Å². The summed E-state index contributed by atoms with van der Waals surface area (Å²) in [5.41, 5.74) is 0.377. The zero-order valence-electron chi connectivity index (χ0n) is 20.1. The van der Waals surface area contributed by atoms with Gasteiger partial charge in [0.2, 0.25) is 5.91 Å². The van der Waals surface area contributed by atoms with Gasteiger partial charge < -0.3 is 24.1 Å². The molecule has 0 aliphatic heterocycles. The van der Waals surface area contributed by atoms with E-state index in [0.717, 1.165) is 11.8 Å². The van der Waals surface area contributed by atoms with E-state index in [1.54, 1.807) is 6.92 Å². The molecule has 0 radical (unpaired) electrons. The minimum atomic E-state index is -0.667. The number of aromatic nitrogens is 3. The highest BCUT2D eigenvalue weighted by molar-refractivity contribution is 7.99. The molecule has 0 saturated carbocycles. The van der Waals surface area contributed by atoms with Gasteiger partial charge >= 0.3 is 11.9 Å². The first kappa shape index (κ1) is 26.7. The monoisotopic (exact) mass is 516 g/mol. The summed E-state index contributed by atoms with van der Waals surface area (Å²) in [6.07, 6.45) is -0.477. The first-order valence-electron chi connectivity index (χ1n) is 10.9. The highest BCUT2D eigenvalue weighted by Gasteiger charge is 2.21. The molecule has 0 aliphatic carbocycles. The molecule has 1 unspecified atom stereocenters. The Balaban J connectivity index is 1.71. The molecule has 0 saturated heterocycles. The lowest BCUT2D eigenvalue weighted by Crippen LogP contribution is -2.18. The van der Waals surface area contributed by atoms with Crippen molar-refractivity contribution in [2.24, 2.45) is 0 Å². The SMILES string of the molecule is CCn1c(SCC(=O)Nc2cc(C(=O)OC)ccc2C(=O)OC)nnc1C(C)Oc1ccc(F)cc1. The number of carbonyl (C=O) groups is 3. The zero-order chi connectivity index (χ0) is 26.2. The number of esters is 2. The predicted molar refractivity (Wildman–Crippen MR) is 130 cm³/mol. The van der Waals surface area contributed by atoms with Crippen molar-refractivity contribution in [3.05, 3.63) is 65.2 Å². The lowest BCUT2D eigenvalue weighted by atomic mass is 10.1. The van der Waals surface area contributed by atoms with E-state index in [1.807, 2.05) is 11.5 Å². The van der Waals surface area contributed by atoms with Gasteiger partial charge in [0.1, 0.15) is 11.6 Å². The second kappa shape index (κ2) is 12.2. The number of ether oxygens (including phenoxy) is 3. The van der Waals surface area contributed by atoms with Crippen LogP contribution in [0, 0.1) is 5.82 Å². The highest BCUT2D eigenvalue weighted by Crippen LogP contribution is 2.25. The maximum Gasteiger partial charge on any atom is 0.339 e. The molecule has 12 heteroatoms. The molecule has 10 nitrogen and oxygen atoms in total. The molecule has 1 amide bonds. The standard InChI is InChI=1S/C24H25FN4O6S/c1-5-29-21(14(2)35-17-9-7-16(25)8-10-17)27-28-24(29)36-13-20(30)26-19-12-15(22(31)33-3)6-11-18(19)23(32)34-4/h6-12,14H,5,13H2,1-4H3,(H,26,30). The van der Waals surface area contributed by atoms with Crippen LogP contribution in [-0.4, -0.2) is 52.6 Å². The number of hydrogen-bond donors (Lipinski definition) is 1. The summed E-state index contributed by atoms with van der Waals surface area (Å²) in [6, 6.07) is 9.79. The second-order valence-corrected chi connectivity index (χ2v) is 8.32. The Labute approximate surface area is 211 Å². The number of thioether (sulfide) groups is 1. The molecule has 1 aromatic heterocycles. The third-order valence-corrected chi connectivity index (χ3v) is 5.97. The minimum Gasteiger partial charge on any atom is -0.483 e. The molecule has 0 aliphatic rings. The lowest BCUT2D eigenvalue weighted by molar-refractivity contribution is -0.113. The number of amides is 1. The average molecular weight is 517 g/mol. The smallest absolute Gasteiger partial charge is 0.339 e. The van der Waals surface area contributed by atoms with Gasteiger partial charge in [0.25, 0.3) is 0 Å². The summed E-state index contributed by atoms with van der Waals surface area (Å²) in [4.78, 5) is 36.7. The summed E-state index contributed by atoms with van der Waals surface area (Å²) in [6.45, 7) is 4.23. The number of rotatable bonds is 10. The molecule has 0 bridgehead atoms. The number of nitrogens with zero attached hydrogens (tertiary/aromatic N) is 3. The maximum absolute atomic E-state index is 13.1. The van der Waals surface area contributed by atoms with Gasteiger partial charge in [0.15, 0.2) is 17.1 Å². The van der Waals surface area contributed by atoms with Crippen LogP contribution in [0.25, 0.3) is 0 Å². The Morgan fingerprint density at radius 1 is 1.06 bits per heavy atom. The number of benzene rings is 2. The van der Waals surface area contributed by atoms with Crippen molar-refractivity contribution in [2.75, 3.05) is 25.3 Å². The van der Waals surface area contributed by atoms with Gasteiger partial charge in [0.05, 0.1) is 36.8 Å². The van der Waals surface area contributed by atoms with Crippen LogP contribution in [0.5, 0.6) is 5.75 Å². The highest BCUT2D eigenvalue weighted by atomic mass is 32.2. The van der Waals surface area contributed by atoms with E-state index in [2.05, 4.69) is 15.5 Å².